The Morgan fingerprint density at radius 1 is 1.53 bits per heavy atom. The number of anilines is 1. The average molecular weight is 237 g/mol. The quantitative estimate of drug-likeness (QED) is 0.810. The lowest BCUT2D eigenvalue weighted by Gasteiger charge is -2.25. The molecule has 1 aliphatic rings. The van der Waals surface area contributed by atoms with Gasteiger partial charge >= 0.3 is 5.97 Å². The van der Waals surface area contributed by atoms with Crippen molar-refractivity contribution in [2.75, 3.05) is 5.73 Å². The molecular weight excluding hydrogens is 218 g/mol. The maximum atomic E-state index is 11.6. The van der Waals surface area contributed by atoms with Gasteiger partial charge in [0.2, 0.25) is 0 Å². The summed E-state index contributed by atoms with van der Waals surface area (Å²) in [6.07, 6.45) is 6.02. The number of hydrogen-bond donors (Lipinski definition) is 1. The number of nitrogens with two attached hydrogens (primary N) is 1. The van der Waals surface area contributed by atoms with E-state index in [1.54, 1.807) is 12.3 Å². The smallest absolute Gasteiger partial charge is 0.328 e. The van der Waals surface area contributed by atoms with E-state index in [-0.39, 0.29) is 18.6 Å². The van der Waals surface area contributed by atoms with Gasteiger partial charge in [-0.25, -0.2) is 0 Å². The first kappa shape index (κ1) is 12.0. The minimum absolute atomic E-state index is 0.0895. The van der Waals surface area contributed by atoms with Crippen molar-refractivity contribution in [2.24, 2.45) is 5.92 Å². The molecular formula is C12H19N3O2. The molecule has 0 spiro atoms. The van der Waals surface area contributed by atoms with Gasteiger partial charge in [-0.15, -0.1) is 0 Å². The van der Waals surface area contributed by atoms with E-state index in [9.17, 15) is 4.79 Å². The zero-order valence-corrected chi connectivity index (χ0v) is 10.1. The zero-order chi connectivity index (χ0) is 12.3. The van der Waals surface area contributed by atoms with Gasteiger partial charge in [-0.3, -0.25) is 9.48 Å². The Kier molecular flexibility index (Phi) is 3.66. The lowest BCUT2D eigenvalue weighted by molar-refractivity contribution is -0.151. The molecule has 0 saturated heterocycles. The van der Waals surface area contributed by atoms with E-state index in [2.05, 4.69) is 12.0 Å². The molecule has 5 nitrogen and oxygen atoms in total. The second-order valence-electron chi connectivity index (χ2n) is 4.81. The van der Waals surface area contributed by atoms with Gasteiger partial charge in [0.25, 0.3) is 0 Å². The fraction of sp³-hybridized carbons (Fsp3) is 0.667. The van der Waals surface area contributed by atoms with E-state index in [0.29, 0.717) is 5.82 Å². The molecule has 1 heterocycles. The number of ether oxygens (including phenoxy) is 1. The van der Waals surface area contributed by atoms with Crippen molar-refractivity contribution in [1.82, 2.24) is 9.78 Å². The van der Waals surface area contributed by atoms with Gasteiger partial charge in [0, 0.05) is 6.20 Å². The largest absolute Gasteiger partial charge is 0.461 e. The van der Waals surface area contributed by atoms with E-state index >= 15 is 0 Å². The van der Waals surface area contributed by atoms with Crippen molar-refractivity contribution in [3.05, 3.63) is 12.3 Å². The summed E-state index contributed by atoms with van der Waals surface area (Å²) in [6.45, 7) is 2.38. The normalized spacial score (nSPS) is 24.5. The molecule has 1 fully saturated rings. The Hall–Kier alpha value is -1.52. The van der Waals surface area contributed by atoms with Crippen LogP contribution in [0, 0.1) is 5.92 Å². The first-order valence-corrected chi connectivity index (χ1v) is 6.12. The van der Waals surface area contributed by atoms with Crippen LogP contribution in [0.5, 0.6) is 0 Å². The lowest BCUT2D eigenvalue weighted by atomic mass is 9.89. The summed E-state index contributed by atoms with van der Waals surface area (Å²) in [5.41, 5.74) is 5.47. The van der Waals surface area contributed by atoms with Crippen LogP contribution in [0.25, 0.3) is 0 Å². The molecule has 1 aromatic rings. The number of nitrogens with zero attached hydrogens (tertiary/aromatic N) is 2. The van der Waals surface area contributed by atoms with Gasteiger partial charge in [0.15, 0.2) is 0 Å². The van der Waals surface area contributed by atoms with Crippen molar-refractivity contribution in [2.45, 2.75) is 45.3 Å². The molecule has 94 valence electrons. The van der Waals surface area contributed by atoms with Crippen LogP contribution in [0.15, 0.2) is 12.3 Å². The Morgan fingerprint density at radius 3 is 2.82 bits per heavy atom. The summed E-state index contributed by atoms with van der Waals surface area (Å²) in [7, 11) is 0. The Labute approximate surface area is 101 Å². The third kappa shape index (κ3) is 3.47. The standard InChI is InChI=1S/C12H19N3O2/c1-9-2-4-10(5-3-9)17-12(16)8-15-7-6-11(13)14-15/h6-7,9-10H,2-5,8H2,1H3,(H2,13,14). The van der Waals surface area contributed by atoms with E-state index in [0.717, 1.165) is 31.6 Å². The van der Waals surface area contributed by atoms with Crippen molar-refractivity contribution >= 4 is 11.8 Å². The zero-order valence-electron chi connectivity index (χ0n) is 10.1. The molecule has 2 rings (SSSR count). The van der Waals surface area contributed by atoms with Gasteiger partial charge in [-0.05, 0) is 37.7 Å². The van der Waals surface area contributed by atoms with Crippen LogP contribution in [0.2, 0.25) is 0 Å². The minimum atomic E-state index is -0.229. The molecule has 0 bridgehead atoms. The third-order valence-corrected chi connectivity index (χ3v) is 3.21. The maximum absolute atomic E-state index is 11.6. The summed E-state index contributed by atoms with van der Waals surface area (Å²) >= 11 is 0. The van der Waals surface area contributed by atoms with Crippen LogP contribution in [0.4, 0.5) is 5.82 Å². The van der Waals surface area contributed by atoms with Crippen LogP contribution in [-0.2, 0) is 16.1 Å². The lowest BCUT2D eigenvalue weighted by Crippen LogP contribution is -2.25. The van der Waals surface area contributed by atoms with E-state index in [1.165, 1.54) is 4.68 Å². The van der Waals surface area contributed by atoms with Gasteiger partial charge in [-0.2, -0.15) is 5.10 Å². The fourth-order valence-electron chi connectivity index (χ4n) is 2.17. The van der Waals surface area contributed by atoms with Crippen molar-refractivity contribution < 1.29 is 9.53 Å². The first-order chi connectivity index (χ1) is 8.13. The fourth-order valence-corrected chi connectivity index (χ4v) is 2.17. The molecule has 0 amide bonds. The number of hydrogen-bond acceptors (Lipinski definition) is 4. The van der Waals surface area contributed by atoms with Crippen molar-refractivity contribution in [1.29, 1.82) is 0 Å². The number of carbonyl (C=O) groups excluding carboxylic acids is 1. The number of esters is 1. The van der Waals surface area contributed by atoms with E-state index < -0.39 is 0 Å². The van der Waals surface area contributed by atoms with E-state index in [1.807, 2.05) is 0 Å². The molecule has 0 aromatic carbocycles. The predicted molar refractivity (Wildman–Crippen MR) is 64.2 cm³/mol. The topological polar surface area (TPSA) is 70.1 Å². The first-order valence-electron chi connectivity index (χ1n) is 6.12. The predicted octanol–water partition coefficient (Wildman–Crippen LogP) is 1.59. The number of rotatable bonds is 3. The molecule has 0 radical (unpaired) electrons. The SMILES string of the molecule is CC1CCC(OC(=O)Cn2ccc(N)n2)CC1. The molecule has 0 unspecified atom stereocenters. The average Bonchev–Trinajstić information content (AvgIpc) is 2.67. The summed E-state index contributed by atoms with van der Waals surface area (Å²) in [5, 5.41) is 3.95. The van der Waals surface area contributed by atoms with E-state index in [4.69, 9.17) is 10.5 Å². The van der Waals surface area contributed by atoms with Crippen molar-refractivity contribution in [3.63, 3.8) is 0 Å². The molecule has 1 aliphatic carbocycles. The molecule has 0 aliphatic heterocycles. The highest BCUT2D eigenvalue weighted by Gasteiger charge is 2.21. The molecule has 17 heavy (non-hydrogen) atoms. The number of aromatic nitrogens is 2. The highest BCUT2D eigenvalue weighted by Crippen LogP contribution is 2.25. The van der Waals surface area contributed by atoms with Crippen LogP contribution in [-0.4, -0.2) is 21.9 Å². The molecule has 0 atom stereocenters. The van der Waals surface area contributed by atoms with Crippen molar-refractivity contribution in [3.8, 4) is 0 Å². The van der Waals surface area contributed by atoms with Gasteiger partial charge in [0.1, 0.15) is 18.5 Å². The summed E-state index contributed by atoms with van der Waals surface area (Å²) in [4.78, 5) is 11.6. The second kappa shape index (κ2) is 5.21. The van der Waals surface area contributed by atoms with Crippen LogP contribution in [0.1, 0.15) is 32.6 Å². The summed E-state index contributed by atoms with van der Waals surface area (Å²) in [5.74, 6) is 0.952. The third-order valence-electron chi connectivity index (χ3n) is 3.21. The number of nitrogen functional groups attached to an aromatic ring is 1. The molecule has 5 heteroatoms. The monoisotopic (exact) mass is 237 g/mol. The van der Waals surface area contributed by atoms with Crippen LogP contribution < -0.4 is 5.73 Å². The minimum Gasteiger partial charge on any atom is -0.461 e. The summed E-state index contributed by atoms with van der Waals surface area (Å²) < 4.78 is 6.92. The number of carbonyl (C=O) groups is 1. The summed E-state index contributed by atoms with van der Waals surface area (Å²) in [6, 6.07) is 1.66. The van der Waals surface area contributed by atoms with Crippen LogP contribution in [0.3, 0.4) is 0 Å². The van der Waals surface area contributed by atoms with Gasteiger partial charge in [-0.1, -0.05) is 6.92 Å². The second-order valence-corrected chi connectivity index (χ2v) is 4.81. The maximum Gasteiger partial charge on any atom is 0.328 e. The highest BCUT2D eigenvalue weighted by atomic mass is 16.5. The molecule has 2 N–H and O–H groups in total. The Balaban J connectivity index is 1.77. The molecule has 1 aromatic heterocycles. The highest BCUT2D eigenvalue weighted by molar-refractivity contribution is 5.69. The van der Waals surface area contributed by atoms with Crippen LogP contribution >= 0.6 is 0 Å². The van der Waals surface area contributed by atoms with Gasteiger partial charge < -0.3 is 10.5 Å². The Bertz CT molecular complexity index is 381. The molecule has 1 saturated carbocycles. The van der Waals surface area contributed by atoms with Gasteiger partial charge in [0.05, 0.1) is 0 Å². The Morgan fingerprint density at radius 2 is 2.24 bits per heavy atom.